The molecule has 0 aliphatic heterocycles. The number of oxazole rings is 1. The number of nitrogens with zero attached hydrogens (tertiary/aromatic N) is 4. The van der Waals surface area contributed by atoms with Gasteiger partial charge in [0, 0.05) is 24.5 Å². The molecule has 0 unspecified atom stereocenters. The van der Waals surface area contributed by atoms with Crippen LogP contribution in [-0.4, -0.2) is 37.3 Å². The maximum absolute atomic E-state index is 13.0. The minimum atomic E-state index is -1.20. The zero-order valence-electron chi connectivity index (χ0n) is 20.6. The molecule has 3 N–H and O–H groups in total. The van der Waals surface area contributed by atoms with Crippen molar-refractivity contribution in [3.63, 3.8) is 0 Å². The highest BCUT2D eigenvalue weighted by atomic mass is 16.3. The van der Waals surface area contributed by atoms with E-state index >= 15 is 0 Å². The van der Waals surface area contributed by atoms with Gasteiger partial charge in [-0.3, -0.25) is 9.48 Å². The maximum Gasteiger partial charge on any atom is 0.277 e. The number of hydrogen-bond donors (Lipinski definition) is 3. The molecule has 3 aromatic rings. The molecule has 0 saturated heterocycles. The maximum atomic E-state index is 13.0. The largest absolute Gasteiger partial charge is 0.444 e. The van der Waals surface area contributed by atoms with Gasteiger partial charge in [0.25, 0.3) is 5.91 Å². The molecule has 9 nitrogen and oxygen atoms in total. The highest BCUT2D eigenvalue weighted by Crippen LogP contribution is 2.35. The molecule has 5 rings (SSSR count). The van der Waals surface area contributed by atoms with Crippen LogP contribution < -0.4 is 10.6 Å². The van der Waals surface area contributed by atoms with Crippen LogP contribution in [0.15, 0.2) is 35.2 Å². The molecular weight excluding hydrogens is 444 g/mol. The molecule has 3 heterocycles. The lowest BCUT2D eigenvalue weighted by Crippen LogP contribution is -2.22. The van der Waals surface area contributed by atoms with Crippen LogP contribution in [-0.2, 0) is 5.60 Å². The standard InChI is InChI=1S/C26H34N6O3/c1-16-4-8-19(9-5-16)32-14-20(23(31-32)26(2,3)34)29-24(33)21-15-35-25(30-21)18-10-11-27-22(12-18)28-13-17-6-7-17/h10-12,14-17,19,34H,4-9,13H2,1-3H3,(H,27,28)(H,29,33). The highest BCUT2D eigenvalue weighted by Gasteiger charge is 2.29. The molecule has 186 valence electrons. The molecule has 35 heavy (non-hydrogen) atoms. The lowest BCUT2D eigenvalue weighted by molar-refractivity contribution is 0.0730. The minimum Gasteiger partial charge on any atom is -0.444 e. The highest BCUT2D eigenvalue weighted by molar-refractivity contribution is 6.03. The van der Waals surface area contributed by atoms with Gasteiger partial charge in [-0.1, -0.05) is 6.92 Å². The second-order valence-corrected chi connectivity index (χ2v) is 10.6. The summed E-state index contributed by atoms with van der Waals surface area (Å²) < 4.78 is 7.51. The normalized spacial score (nSPS) is 20.6. The fraction of sp³-hybridized carbons (Fsp3) is 0.538. The van der Waals surface area contributed by atoms with E-state index in [-0.39, 0.29) is 11.7 Å². The molecule has 1 amide bonds. The molecule has 0 spiro atoms. The Morgan fingerprint density at radius 3 is 2.71 bits per heavy atom. The zero-order chi connectivity index (χ0) is 24.6. The number of rotatable bonds is 8. The second-order valence-electron chi connectivity index (χ2n) is 10.6. The van der Waals surface area contributed by atoms with E-state index in [1.54, 1.807) is 26.1 Å². The van der Waals surface area contributed by atoms with Crippen molar-refractivity contribution in [2.45, 2.75) is 70.9 Å². The van der Waals surface area contributed by atoms with E-state index < -0.39 is 11.5 Å². The Morgan fingerprint density at radius 1 is 1.23 bits per heavy atom. The number of hydrogen-bond acceptors (Lipinski definition) is 7. The monoisotopic (exact) mass is 478 g/mol. The SMILES string of the molecule is CC1CCC(n2cc(NC(=O)c3coc(-c4ccnc(NCC5CC5)c4)n3)c(C(C)(C)O)n2)CC1. The number of anilines is 2. The summed E-state index contributed by atoms with van der Waals surface area (Å²) in [5.74, 6) is 2.15. The van der Waals surface area contributed by atoms with Crippen molar-refractivity contribution in [2.24, 2.45) is 11.8 Å². The van der Waals surface area contributed by atoms with Crippen LogP contribution in [0.3, 0.4) is 0 Å². The Kier molecular flexibility index (Phi) is 6.35. The molecule has 2 aliphatic rings. The van der Waals surface area contributed by atoms with E-state index in [1.807, 2.05) is 16.9 Å². The van der Waals surface area contributed by atoms with Gasteiger partial charge in [0.1, 0.15) is 23.4 Å². The third-order valence-corrected chi connectivity index (χ3v) is 6.93. The van der Waals surface area contributed by atoms with Crippen molar-refractivity contribution in [2.75, 3.05) is 17.2 Å². The summed E-state index contributed by atoms with van der Waals surface area (Å²) in [6.45, 7) is 6.53. The van der Waals surface area contributed by atoms with E-state index in [2.05, 4.69) is 32.6 Å². The van der Waals surface area contributed by atoms with E-state index in [9.17, 15) is 9.90 Å². The van der Waals surface area contributed by atoms with Gasteiger partial charge >= 0.3 is 0 Å². The van der Waals surface area contributed by atoms with Crippen LogP contribution in [0.25, 0.3) is 11.5 Å². The first kappa shape index (κ1) is 23.5. The first-order chi connectivity index (χ1) is 16.8. The first-order valence-corrected chi connectivity index (χ1v) is 12.6. The minimum absolute atomic E-state index is 0.158. The zero-order valence-corrected chi connectivity index (χ0v) is 20.6. The van der Waals surface area contributed by atoms with E-state index in [1.165, 1.54) is 19.1 Å². The smallest absolute Gasteiger partial charge is 0.277 e. The third-order valence-electron chi connectivity index (χ3n) is 6.93. The summed E-state index contributed by atoms with van der Waals surface area (Å²) in [5, 5.41) is 21.6. The van der Waals surface area contributed by atoms with Crippen molar-refractivity contribution in [3.8, 4) is 11.5 Å². The van der Waals surface area contributed by atoms with Gasteiger partial charge in [0.2, 0.25) is 5.89 Å². The van der Waals surface area contributed by atoms with Crippen LogP contribution >= 0.6 is 0 Å². The molecule has 0 aromatic carbocycles. The average Bonchev–Trinajstić information content (AvgIpc) is 3.34. The summed E-state index contributed by atoms with van der Waals surface area (Å²) in [4.78, 5) is 21.8. The van der Waals surface area contributed by atoms with E-state index in [4.69, 9.17) is 4.42 Å². The number of amides is 1. The lowest BCUT2D eigenvalue weighted by Gasteiger charge is -2.26. The predicted octanol–water partition coefficient (Wildman–Crippen LogP) is 4.99. The van der Waals surface area contributed by atoms with Crippen molar-refractivity contribution >= 4 is 17.4 Å². The second kappa shape index (κ2) is 9.45. The Bertz CT molecular complexity index is 1180. The van der Waals surface area contributed by atoms with E-state index in [0.717, 1.165) is 55.4 Å². The molecule has 3 aromatic heterocycles. The molecule has 2 aliphatic carbocycles. The predicted molar refractivity (Wildman–Crippen MR) is 133 cm³/mol. The molecular formula is C26H34N6O3. The molecule has 0 bridgehead atoms. The van der Waals surface area contributed by atoms with Gasteiger partial charge < -0.3 is 20.2 Å². The summed E-state index contributed by atoms with van der Waals surface area (Å²) in [6.07, 6.45) is 11.8. The van der Waals surface area contributed by atoms with Crippen LogP contribution in [0.1, 0.15) is 81.5 Å². The van der Waals surface area contributed by atoms with Crippen molar-refractivity contribution < 1.29 is 14.3 Å². The Labute approximate surface area is 205 Å². The molecule has 9 heteroatoms. The van der Waals surface area contributed by atoms with Gasteiger partial charge in [-0.2, -0.15) is 5.10 Å². The quantitative estimate of drug-likeness (QED) is 0.417. The van der Waals surface area contributed by atoms with Gasteiger partial charge in [0.05, 0.1) is 11.7 Å². The number of carbonyl (C=O) groups excluding carboxylic acids is 1. The van der Waals surface area contributed by atoms with Crippen LogP contribution in [0, 0.1) is 11.8 Å². The molecule has 0 radical (unpaired) electrons. The summed E-state index contributed by atoms with van der Waals surface area (Å²) in [6, 6.07) is 3.94. The number of aliphatic hydroxyl groups is 1. The fourth-order valence-electron chi connectivity index (χ4n) is 4.56. The van der Waals surface area contributed by atoms with Gasteiger partial charge in [-0.05, 0) is 76.3 Å². The third kappa shape index (κ3) is 5.56. The van der Waals surface area contributed by atoms with Crippen LogP contribution in [0.5, 0.6) is 0 Å². The summed E-state index contributed by atoms with van der Waals surface area (Å²) in [7, 11) is 0. The molecule has 0 atom stereocenters. The number of carbonyl (C=O) groups is 1. The van der Waals surface area contributed by atoms with Crippen molar-refractivity contribution in [1.82, 2.24) is 19.7 Å². The van der Waals surface area contributed by atoms with Gasteiger partial charge in [-0.15, -0.1) is 0 Å². The fourth-order valence-corrected chi connectivity index (χ4v) is 4.56. The molecule has 2 saturated carbocycles. The van der Waals surface area contributed by atoms with Crippen LogP contribution in [0.2, 0.25) is 0 Å². The van der Waals surface area contributed by atoms with E-state index in [0.29, 0.717) is 17.3 Å². The van der Waals surface area contributed by atoms with Crippen molar-refractivity contribution in [1.29, 1.82) is 0 Å². The number of nitrogens with one attached hydrogen (secondary N) is 2. The summed E-state index contributed by atoms with van der Waals surface area (Å²) in [5.41, 5.74) is 0.625. The number of pyridine rings is 1. The van der Waals surface area contributed by atoms with Crippen molar-refractivity contribution in [3.05, 3.63) is 42.2 Å². The van der Waals surface area contributed by atoms with Gasteiger partial charge in [0.15, 0.2) is 5.69 Å². The first-order valence-electron chi connectivity index (χ1n) is 12.6. The molecule has 2 fully saturated rings. The van der Waals surface area contributed by atoms with Crippen LogP contribution in [0.4, 0.5) is 11.5 Å². The Morgan fingerprint density at radius 2 is 2.00 bits per heavy atom. The number of aromatic nitrogens is 4. The van der Waals surface area contributed by atoms with Gasteiger partial charge in [-0.25, -0.2) is 9.97 Å². The summed E-state index contributed by atoms with van der Waals surface area (Å²) >= 11 is 0. The average molecular weight is 479 g/mol. The Balaban J connectivity index is 1.31. The Hall–Kier alpha value is -3.20. The topological polar surface area (TPSA) is 118 Å². The lowest BCUT2D eigenvalue weighted by atomic mass is 9.87.